The fraction of sp³-hybridized carbons (Fsp3) is 0.200. The Bertz CT molecular complexity index is 504. The number of rotatable bonds is 2. The number of nitrogens with zero attached hydrogens (tertiary/aromatic N) is 1. The van der Waals surface area contributed by atoms with Gasteiger partial charge in [0.05, 0.1) is 11.4 Å². The normalized spacial score (nSPS) is 11.1. The van der Waals surface area contributed by atoms with Gasteiger partial charge in [0, 0.05) is 5.56 Å². The summed E-state index contributed by atoms with van der Waals surface area (Å²) < 4.78 is 50.6. The summed E-state index contributed by atoms with van der Waals surface area (Å²) in [5.74, 6) is -3.05. The van der Waals surface area contributed by atoms with E-state index in [-0.39, 0.29) is 0 Å². The summed E-state index contributed by atoms with van der Waals surface area (Å²) in [5, 5.41) is 8.62. The number of halogens is 5. The molecule has 1 rings (SSSR count). The fourth-order valence-electron chi connectivity index (χ4n) is 1.27. The smallest absolute Gasteiger partial charge is 0.293 e. The lowest BCUT2D eigenvalue weighted by Gasteiger charge is -2.12. The standard InChI is InChI=1S/C10H4ClF4NO/c11-3-8(17)5-1-2-7(12)9(6(5)4-16)10(13,14)15/h1-2H,3H2. The van der Waals surface area contributed by atoms with E-state index >= 15 is 0 Å². The van der Waals surface area contributed by atoms with E-state index in [1.807, 2.05) is 0 Å². The van der Waals surface area contributed by atoms with Crippen LogP contribution in [0, 0.1) is 17.1 Å². The van der Waals surface area contributed by atoms with Crippen molar-refractivity contribution in [1.82, 2.24) is 0 Å². The van der Waals surface area contributed by atoms with Crippen LogP contribution in [0.1, 0.15) is 21.5 Å². The third kappa shape index (κ3) is 2.56. The molecule has 0 bridgehead atoms. The van der Waals surface area contributed by atoms with E-state index < -0.39 is 40.3 Å². The van der Waals surface area contributed by atoms with Crippen LogP contribution in [0.3, 0.4) is 0 Å². The summed E-state index contributed by atoms with van der Waals surface area (Å²) in [4.78, 5) is 11.2. The predicted octanol–water partition coefficient (Wildman–Crippen LogP) is 3.14. The molecule has 0 atom stereocenters. The van der Waals surface area contributed by atoms with E-state index in [1.54, 1.807) is 0 Å². The summed E-state index contributed by atoms with van der Waals surface area (Å²) in [6.45, 7) is 0. The zero-order valence-corrected chi connectivity index (χ0v) is 8.86. The predicted molar refractivity (Wildman–Crippen MR) is 51.2 cm³/mol. The van der Waals surface area contributed by atoms with E-state index in [0.717, 1.165) is 6.07 Å². The van der Waals surface area contributed by atoms with Gasteiger partial charge in [-0.3, -0.25) is 4.79 Å². The Balaban J connectivity index is 3.61. The molecule has 0 saturated heterocycles. The zero-order chi connectivity index (χ0) is 13.2. The lowest BCUT2D eigenvalue weighted by molar-refractivity contribution is -0.140. The van der Waals surface area contributed by atoms with Gasteiger partial charge in [-0.25, -0.2) is 4.39 Å². The van der Waals surface area contributed by atoms with Crippen molar-refractivity contribution >= 4 is 17.4 Å². The van der Waals surface area contributed by atoms with Crippen LogP contribution >= 0.6 is 11.6 Å². The molecule has 90 valence electrons. The van der Waals surface area contributed by atoms with Crippen molar-refractivity contribution in [2.24, 2.45) is 0 Å². The third-order valence-electron chi connectivity index (χ3n) is 1.97. The number of benzene rings is 1. The van der Waals surface area contributed by atoms with E-state index in [4.69, 9.17) is 16.9 Å². The topological polar surface area (TPSA) is 40.9 Å². The lowest BCUT2D eigenvalue weighted by atomic mass is 9.98. The van der Waals surface area contributed by atoms with Gasteiger partial charge in [-0.1, -0.05) is 0 Å². The molecule has 0 N–H and O–H groups in total. The summed E-state index contributed by atoms with van der Waals surface area (Å²) in [6, 6.07) is 2.49. The Morgan fingerprint density at radius 2 is 2.00 bits per heavy atom. The van der Waals surface area contributed by atoms with Gasteiger partial charge in [-0.05, 0) is 12.1 Å². The van der Waals surface area contributed by atoms with Gasteiger partial charge in [-0.2, -0.15) is 18.4 Å². The van der Waals surface area contributed by atoms with Crippen molar-refractivity contribution in [3.63, 3.8) is 0 Å². The number of carbonyl (C=O) groups excluding carboxylic acids is 1. The SMILES string of the molecule is N#Cc1c(C(=O)CCl)ccc(F)c1C(F)(F)F. The van der Waals surface area contributed by atoms with Crippen LogP contribution in [0.25, 0.3) is 0 Å². The van der Waals surface area contributed by atoms with Crippen molar-refractivity contribution in [3.8, 4) is 6.07 Å². The summed E-state index contributed by atoms with van der Waals surface area (Å²) in [7, 11) is 0. The monoisotopic (exact) mass is 265 g/mol. The van der Waals surface area contributed by atoms with Crippen LogP contribution in [0.4, 0.5) is 17.6 Å². The molecule has 0 radical (unpaired) electrons. The first-order valence-electron chi connectivity index (χ1n) is 4.22. The molecule has 0 aliphatic heterocycles. The van der Waals surface area contributed by atoms with Gasteiger partial charge in [0.1, 0.15) is 17.4 Å². The molecule has 2 nitrogen and oxygen atoms in total. The molecule has 0 aliphatic rings. The maximum absolute atomic E-state index is 13.1. The molecule has 1 aromatic rings. The van der Waals surface area contributed by atoms with Crippen LogP contribution in [-0.2, 0) is 6.18 Å². The Kier molecular flexibility index (Phi) is 3.73. The average molecular weight is 266 g/mol. The molecule has 0 aliphatic carbocycles. The number of ketones is 1. The molecular weight excluding hydrogens is 262 g/mol. The van der Waals surface area contributed by atoms with Gasteiger partial charge in [0.15, 0.2) is 5.78 Å². The first kappa shape index (κ1) is 13.5. The van der Waals surface area contributed by atoms with Gasteiger partial charge in [0.2, 0.25) is 0 Å². The average Bonchev–Trinajstić information content (AvgIpc) is 2.25. The first-order valence-corrected chi connectivity index (χ1v) is 4.75. The molecule has 0 aromatic heterocycles. The molecule has 0 heterocycles. The molecule has 0 saturated carbocycles. The minimum absolute atomic E-state index is 0.490. The minimum atomic E-state index is -5.04. The van der Waals surface area contributed by atoms with Crippen LogP contribution in [0.2, 0.25) is 0 Å². The number of Topliss-reactive ketones (excluding diaryl/α,β-unsaturated/α-hetero) is 1. The molecule has 0 amide bonds. The molecule has 1 aromatic carbocycles. The van der Waals surface area contributed by atoms with Crippen LogP contribution < -0.4 is 0 Å². The summed E-state index contributed by atoms with van der Waals surface area (Å²) in [6.07, 6.45) is -5.04. The second kappa shape index (κ2) is 4.72. The van der Waals surface area contributed by atoms with Crippen LogP contribution in [-0.4, -0.2) is 11.7 Å². The van der Waals surface area contributed by atoms with Crippen molar-refractivity contribution in [3.05, 3.63) is 34.6 Å². The zero-order valence-electron chi connectivity index (χ0n) is 8.11. The van der Waals surface area contributed by atoms with Crippen molar-refractivity contribution in [2.45, 2.75) is 6.18 Å². The van der Waals surface area contributed by atoms with Crippen molar-refractivity contribution in [2.75, 3.05) is 5.88 Å². The maximum atomic E-state index is 13.1. The Labute approximate surface area is 98.4 Å². The van der Waals surface area contributed by atoms with Crippen molar-refractivity contribution in [1.29, 1.82) is 5.26 Å². The molecule has 0 fully saturated rings. The molecule has 17 heavy (non-hydrogen) atoms. The number of carbonyl (C=O) groups is 1. The van der Waals surface area contributed by atoms with Gasteiger partial charge in [0.25, 0.3) is 0 Å². The number of nitriles is 1. The van der Waals surface area contributed by atoms with Crippen LogP contribution in [0.15, 0.2) is 12.1 Å². The molecule has 0 spiro atoms. The molecular formula is C10H4ClF4NO. The maximum Gasteiger partial charge on any atom is 0.420 e. The Morgan fingerprint density at radius 3 is 2.41 bits per heavy atom. The largest absolute Gasteiger partial charge is 0.420 e. The molecule has 7 heteroatoms. The minimum Gasteiger partial charge on any atom is -0.293 e. The highest BCUT2D eigenvalue weighted by Gasteiger charge is 2.38. The number of alkyl halides is 4. The first-order chi connectivity index (χ1) is 7.82. The summed E-state index contributed by atoms with van der Waals surface area (Å²) >= 11 is 5.19. The highest BCUT2D eigenvalue weighted by atomic mass is 35.5. The Hall–Kier alpha value is -1.61. The summed E-state index contributed by atoms with van der Waals surface area (Å²) in [5.41, 5.74) is -3.31. The van der Waals surface area contributed by atoms with E-state index in [0.29, 0.717) is 6.07 Å². The molecule has 0 unspecified atom stereocenters. The second-order valence-corrected chi connectivity index (χ2v) is 3.28. The van der Waals surface area contributed by atoms with Gasteiger partial charge < -0.3 is 0 Å². The second-order valence-electron chi connectivity index (χ2n) is 3.01. The van der Waals surface area contributed by atoms with Gasteiger partial charge in [-0.15, -0.1) is 11.6 Å². The van der Waals surface area contributed by atoms with E-state index in [2.05, 4.69) is 0 Å². The van der Waals surface area contributed by atoms with Crippen LogP contribution in [0.5, 0.6) is 0 Å². The third-order valence-corrected chi connectivity index (χ3v) is 2.21. The lowest BCUT2D eigenvalue weighted by Crippen LogP contribution is -2.15. The van der Waals surface area contributed by atoms with E-state index in [9.17, 15) is 22.4 Å². The highest BCUT2D eigenvalue weighted by molar-refractivity contribution is 6.30. The highest BCUT2D eigenvalue weighted by Crippen LogP contribution is 2.35. The Morgan fingerprint density at radius 1 is 1.41 bits per heavy atom. The van der Waals surface area contributed by atoms with Gasteiger partial charge >= 0.3 is 6.18 Å². The fourth-order valence-corrected chi connectivity index (χ4v) is 1.42. The number of hydrogen-bond acceptors (Lipinski definition) is 2. The van der Waals surface area contributed by atoms with Crippen molar-refractivity contribution < 1.29 is 22.4 Å². The number of hydrogen-bond donors (Lipinski definition) is 0. The quantitative estimate of drug-likeness (QED) is 0.468. The van der Waals surface area contributed by atoms with E-state index in [1.165, 1.54) is 6.07 Å².